The number of nitrogens with one attached hydrogen (secondary N) is 1. The lowest BCUT2D eigenvalue weighted by Gasteiger charge is -2.40. The van der Waals surface area contributed by atoms with E-state index in [9.17, 15) is 9.18 Å². The summed E-state index contributed by atoms with van der Waals surface area (Å²) < 4.78 is 15.6. The summed E-state index contributed by atoms with van der Waals surface area (Å²) in [4.78, 5) is 21.6. The molecule has 1 aliphatic rings. The predicted octanol–water partition coefficient (Wildman–Crippen LogP) is 3.73. The van der Waals surface area contributed by atoms with Crippen LogP contribution in [0.25, 0.3) is 5.69 Å². The molecule has 1 saturated carbocycles. The third-order valence-electron chi connectivity index (χ3n) is 4.87. The van der Waals surface area contributed by atoms with Crippen LogP contribution in [0.2, 0.25) is 5.02 Å². The molecule has 0 unspecified atom stereocenters. The van der Waals surface area contributed by atoms with Gasteiger partial charge < -0.3 is 5.32 Å². The second-order valence-corrected chi connectivity index (χ2v) is 7.97. The van der Waals surface area contributed by atoms with Gasteiger partial charge in [0.2, 0.25) is 0 Å². The fraction of sp³-hybridized carbons (Fsp3) is 0.278. The lowest BCUT2D eigenvalue weighted by atomic mass is 9.75. The second-order valence-electron chi connectivity index (χ2n) is 6.65. The SMILES string of the molecule is Cc1c(C(=O)NC2(c3ncc(Br)cn3)CCC2)nnn1-c1ccc(F)c(Cl)c1. The zero-order valence-electron chi connectivity index (χ0n) is 14.8. The Morgan fingerprint density at radius 3 is 2.64 bits per heavy atom. The maximum atomic E-state index is 13.4. The largest absolute Gasteiger partial charge is 0.338 e. The van der Waals surface area contributed by atoms with Crippen molar-refractivity contribution in [3.8, 4) is 5.69 Å². The van der Waals surface area contributed by atoms with Crippen LogP contribution < -0.4 is 5.32 Å². The van der Waals surface area contributed by atoms with E-state index >= 15 is 0 Å². The molecule has 0 aliphatic heterocycles. The standard InChI is InChI=1S/C18H15BrClFN6O/c1-10-15(25-26-27(10)12-3-4-14(21)13(20)7-12)16(28)24-18(5-2-6-18)17-22-8-11(19)9-23-17/h3-4,7-9H,2,5-6H2,1H3,(H,24,28). The van der Waals surface area contributed by atoms with E-state index in [1.54, 1.807) is 19.3 Å². The average Bonchev–Trinajstić information content (AvgIpc) is 3.03. The first-order valence-electron chi connectivity index (χ1n) is 8.58. The van der Waals surface area contributed by atoms with E-state index in [1.165, 1.54) is 22.9 Å². The van der Waals surface area contributed by atoms with Crippen LogP contribution in [-0.2, 0) is 5.54 Å². The van der Waals surface area contributed by atoms with Gasteiger partial charge in [-0.3, -0.25) is 4.79 Å². The van der Waals surface area contributed by atoms with Gasteiger partial charge >= 0.3 is 0 Å². The molecule has 28 heavy (non-hydrogen) atoms. The lowest BCUT2D eigenvalue weighted by molar-refractivity contribution is 0.0803. The first kappa shape index (κ1) is 18.9. The van der Waals surface area contributed by atoms with Gasteiger partial charge in [0.25, 0.3) is 5.91 Å². The van der Waals surface area contributed by atoms with Gasteiger partial charge in [0.1, 0.15) is 11.4 Å². The Morgan fingerprint density at radius 1 is 1.32 bits per heavy atom. The van der Waals surface area contributed by atoms with Crippen molar-refractivity contribution in [2.45, 2.75) is 31.7 Å². The van der Waals surface area contributed by atoms with E-state index < -0.39 is 11.4 Å². The molecule has 0 bridgehead atoms. The quantitative estimate of drug-likeness (QED) is 0.634. The second kappa shape index (κ2) is 7.21. The molecule has 0 atom stereocenters. The topological polar surface area (TPSA) is 85.6 Å². The van der Waals surface area contributed by atoms with Crippen molar-refractivity contribution < 1.29 is 9.18 Å². The Bertz CT molecular complexity index is 1050. The molecule has 4 rings (SSSR count). The number of carbonyl (C=O) groups is 1. The summed E-state index contributed by atoms with van der Waals surface area (Å²) in [7, 11) is 0. The van der Waals surface area contributed by atoms with Gasteiger partial charge in [-0.15, -0.1) is 5.10 Å². The number of benzene rings is 1. The smallest absolute Gasteiger partial charge is 0.274 e. The van der Waals surface area contributed by atoms with Crippen LogP contribution in [0.15, 0.2) is 35.1 Å². The third kappa shape index (κ3) is 3.29. The predicted molar refractivity (Wildman–Crippen MR) is 104 cm³/mol. The van der Waals surface area contributed by atoms with Crippen molar-refractivity contribution in [1.82, 2.24) is 30.3 Å². The fourth-order valence-electron chi connectivity index (χ4n) is 3.17. The Labute approximate surface area is 173 Å². The molecule has 7 nitrogen and oxygen atoms in total. The van der Waals surface area contributed by atoms with E-state index in [2.05, 4.69) is 41.5 Å². The van der Waals surface area contributed by atoms with Crippen LogP contribution in [0.5, 0.6) is 0 Å². The number of rotatable bonds is 4. The Hall–Kier alpha value is -2.39. The Morgan fingerprint density at radius 2 is 2.04 bits per heavy atom. The summed E-state index contributed by atoms with van der Waals surface area (Å²) in [6, 6.07) is 4.20. The van der Waals surface area contributed by atoms with Gasteiger partial charge in [-0.05, 0) is 60.3 Å². The average molecular weight is 466 g/mol. The summed E-state index contributed by atoms with van der Waals surface area (Å²) in [6.07, 6.45) is 5.80. The van der Waals surface area contributed by atoms with Crippen molar-refractivity contribution in [2.24, 2.45) is 0 Å². The van der Waals surface area contributed by atoms with Crippen LogP contribution in [0, 0.1) is 12.7 Å². The highest BCUT2D eigenvalue weighted by atomic mass is 79.9. The highest BCUT2D eigenvalue weighted by molar-refractivity contribution is 9.10. The number of hydrogen-bond donors (Lipinski definition) is 1. The van der Waals surface area contributed by atoms with Gasteiger partial charge in [0, 0.05) is 12.4 Å². The van der Waals surface area contributed by atoms with Crippen LogP contribution in [0.4, 0.5) is 4.39 Å². The molecule has 1 amide bonds. The van der Waals surface area contributed by atoms with Crippen molar-refractivity contribution >= 4 is 33.4 Å². The summed E-state index contributed by atoms with van der Waals surface area (Å²) in [6.45, 7) is 1.72. The lowest BCUT2D eigenvalue weighted by Crippen LogP contribution is -2.52. The van der Waals surface area contributed by atoms with E-state index in [0.717, 1.165) is 23.7 Å². The molecule has 1 aromatic carbocycles. The first-order valence-corrected chi connectivity index (χ1v) is 9.75. The number of halogens is 3. The molecule has 1 N–H and O–H groups in total. The number of amides is 1. The highest BCUT2D eigenvalue weighted by Gasteiger charge is 2.43. The van der Waals surface area contributed by atoms with Crippen molar-refractivity contribution in [3.05, 3.63) is 63.1 Å². The van der Waals surface area contributed by atoms with Gasteiger partial charge in [0.05, 0.1) is 20.9 Å². The summed E-state index contributed by atoms with van der Waals surface area (Å²) in [5, 5.41) is 11.0. The molecular weight excluding hydrogens is 451 g/mol. The third-order valence-corrected chi connectivity index (χ3v) is 5.56. The van der Waals surface area contributed by atoms with Gasteiger partial charge in [-0.2, -0.15) is 0 Å². The van der Waals surface area contributed by atoms with E-state index in [-0.39, 0.29) is 16.6 Å². The monoisotopic (exact) mass is 464 g/mol. The van der Waals surface area contributed by atoms with Crippen molar-refractivity contribution in [2.75, 3.05) is 0 Å². The first-order chi connectivity index (χ1) is 13.4. The molecular formula is C18H15BrClFN6O. The molecule has 1 fully saturated rings. The van der Waals surface area contributed by atoms with Crippen LogP contribution in [0.1, 0.15) is 41.3 Å². The van der Waals surface area contributed by atoms with Crippen LogP contribution >= 0.6 is 27.5 Å². The molecule has 0 saturated heterocycles. The van der Waals surface area contributed by atoms with Crippen molar-refractivity contribution in [1.29, 1.82) is 0 Å². The molecule has 2 aromatic heterocycles. The minimum atomic E-state index is -0.604. The molecule has 0 radical (unpaired) electrons. The molecule has 10 heteroatoms. The fourth-order valence-corrected chi connectivity index (χ4v) is 3.55. The molecule has 2 heterocycles. The maximum Gasteiger partial charge on any atom is 0.274 e. The zero-order valence-corrected chi connectivity index (χ0v) is 17.1. The highest BCUT2D eigenvalue weighted by Crippen LogP contribution is 2.39. The maximum absolute atomic E-state index is 13.4. The Kier molecular flexibility index (Phi) is 4.88. The van der Waals surface area contributed by atoms with Gasteiger partial charge in [0.15, 0.2) is 11.5 Å². The summed E-state index contributed by atoms with van der Waals surface area (Å²) in [5.41, 5.74) is 0.618. The van der Waals surface area contributed by atoms with E-state index in [0.29, 0.717) is 17.2 Å². The molecule has 144 valence electrons. The zero-order chi connectivity index (χ0) is 19.9. The number of nitrogens with zero attached hydrogens (tertiary/aromatic N) is 5. The van der Waals surface area contributed by atoms with Crippen molar-refractivity contribution in [3.63, 3.8) is 0 Å². The number of hydrogen-bond acceptors (Lipinski definition) is 5. The van der Waals surface area contributed by atoms with Gasteiger partial charge in [-0.1, -0.05) is 16.8 Å². The van der Waals surface area contributed by atoms with Crippen LogP contribution in [-0.4, -0.2) is 30.9 Å². The molecule has 0 spiro atoms. The summed E-state index contributed by atoms with van der Waals surface area (Å²) >= 11 is 9.16. The van der Waals surface area contributed by atoms with Crippen LogP contribution in [0.3, 0.4) is 0 Å². The number of aromatic nitrogens is 5. The minimum absolute atomic E-state index is 0.0285. The van der Waals surface area contributed by atoms with E-state index in [4.69, 9.17) is 11.6 Å². The normalized spacial score (nSPS) is 15.1. The molecule has 3 aromatic rings. The van der Waals surface area contributed by atoms with E-state index in [1.807, 2.05) is 0 Å². The molecule has 1 aliphatic carbocycles. The van der Waals surface area contributed by atoms with Gasteiger partial charge in [-0.25, -0.2) is 19.0 Å². The minimum Gasteiger partial charge on any atom is -0.338 e. The summed E-state index contributed by atoms with van der Waals surface area (Å²) in [5.74, 6) is -0.309. The Balaban J connectivity index is 1.61. The number of carbonyl (C=O) groups excluding carboxylic acids is 1.